The minimum atomic E-state index is -1.49. The smallest absolute Gasteiger partial charge is 0.334 e. The van der Waals surface area contributed by atoms with Crippen LogP contribution in [0.2, 0.25) is 0 Å². The second-order valence-corrected chi connectivity index (χ2v) is 1.86. The molecule has 0 aromatic heterocycles. The third-order valence-corrected chi connectivity index (χ3v) is 1.17. The van der Waals surface area contributed by atoms with Crippen LogP contribution >= 0.6 is 0 Å². The number of halogens is 1. The van der Waals surface area contributed by atoms with Crippen LogP contribution in [0.25, 0.3) is 0 Å². The van der Waals surface area contributed by atoms with Gasteiger partial charge in [-0.2, -0.15) is 4.39 Å². The molecule has 2 nitrogen and oxygen atoms in total. The van der Waals surface area contributed by atoms with E-state index < -0.39 is 6.04 Å². The van der Waals surface area contributed by atoms with Gasteiger partial charge in [0.1, 0.15) is 0 Å². The van der Waals surface area contributed by atoms with E-state index in [1.54, 1.807) is 12.1 Å². The van der Waals surface area contributed by atoms with Crippen molar-refractivity contribution in [3.63, 3.8) is 0 Å². The van der Waals surface area contributed by atoms with Crippen molar-refractivity contribution in [3.8, 4) is 0 Å². The second-order valence-electron chi connectivity index (χ2n) is 1.86. The molecular formula is C7H6FNO. The zero-order valence-corrected chi connectivity index (χ0v) is 5.17. The lowest BCUT2D eigenvalue weighted by atomic mass is 10.2. The SMILES string of the molecule is Nc1ccccc1C(=O)F. The Morgan fingerprint density at radius 2 is 2.00 bits per heavy atom. The van der Waals surface area contributed by atoms with Gasteiger partial charge in [-0.3, -0.25) is 4.79 Å². The number of hydrogen-bond donors (Lipinski definition) is 1. The molecule has 0 aliphatic carbocycles. The van der Waals surface area contributed by atoms with E-state index in [9.17, 15) is 9.18 Å². The Labute approximate surface area is 57.5 Å². The van der Waals surface area contributed by atoms with Gasteiger partial charge in [0.15, 0.2) is 0 Å². The molecule has 0 saturated heterocycles. The van der Waals surface area contributed by atoms with Crippen molar-refractivity contribution in [1.82, 2.24) is 0 Å². The van der Waals surface area contributed by atoms with Gasteiger partial charge in [-0.15, -0.1) is 0 Å². The van der Waals surface area contributed by atoms with Gasteiger partial charge in [0.05, 0.1) is 5.56 Å². The van der Waals surface area contributed by atoms with Gasteiger partial charge in [-0.25, -0.2) is 0 Å². The van der Waals surface area contributed by atoms with Gasteiger partial charge in [-0.1, -0.05) is 12.1 Å². The molecule has 0 aliphatic rings. The van der Waals surface area contributed by atoms with Crippen molar-refractivity contribution in [2.75, 3.05) is 5.73 Å². The molecule has 0 aliphatic heterocycles. The van der Waals surface area contributed by atoms with E-state index in [2.05, 4.69) is 0 Å². The summed E-state index contributed by atoms with van der Waals surface area (Å²) in [5.41, 5.74) is 5.37. The molecule has 0 heterocycles. The molecule has 0 amide bonds. The van der Waals surface area contributed by atoms with Gasteiger partial charge in [0.25, 0.3) is 0 Å². The first-order chi connectivity index (χ1) is 4.72. The van der Waals surface area contributed by atoms with E-state index in [1.165, 1.54) is 12.1 Å². The minimum absolute atomic E-state index is 0.0671. The predicted molar refractivity (Wildman–Crippen MR) is 36.3 cm³/mol. The maximum atomic E-state index is 12.0. The number of carbonyl (C=O) groups is 1. The van der Waals surface area contributed by atoms with Crippen molar-refractivity contribution in [2.24, 2.45) is 0 Å². The molecule has 52 valence electrons. The van der Waals surface area contributed by atoms with Gasteiger partial charge in [0.2, 0.25) is 0 Å². The van der Waals surface area contributed by atoms with E-state index in [4.69, 9.17) is 5.73 Å². The Bertz CT molecular complexity index is 260. The van der Waals surface area contributed by atoms with Crippen molar-refractivity contribution in [3.05, 3.63) is 29.8 Å². The molecular weight excluding hydrogens is 133 g/mol. The molecule has 2 N–H and O–H groups in total. The number of nitrogen functional groups attached to an aromatic ring is 1. The lowest BCUT2D eigenvalue weighted by Crippen LogP contribution is -1.96. The third-order valence-electron chi connectivity index (χ3n) is 1.17. The van der Waals surface area contributed by atoms with Crippen LogP contribution in [0.3, 0.4) is 0 Å². The maximum absolute atomic E-state index is 12.0. The summed E-state index contributed by atoms with van der Waals surface area (Å²) < 4.78 is 12.0. The van der Waals surface area contributed by atoms with E-state index in [1.807, 2.05) is 0 Å². The standard InChI is InChI=1S/C7H6FNO/c8-7(10)5-3-1-2-4-6(5)9/h1-4H,9H2. The highest BCUT2D eigenvalue weighted by molar-refractivity contribution is 5.94. The number of benzene rings is 1. The highest BCUT2D eigenvalue weighted by Gasteiger charge is 2.05. The zero-order valence-electron chi connectivity index (χ0n) is 5.17. The fourth-order valence-corrected chi connectivity index (χ4v) is 0.676. The number of anilines is 1. The molecule has 0 saturated carbocycles. The van der Waals surface area contributed by atoms with E-state index >= 15 is 0 Å². The molecule has 0 radical (unpaired) electrons. The number of carbonyl (C=O) groups excluding carboxylic acids is 1. The number of hydrogen-bond acceptors (Lipinski definition) is 2. The van der Waals surface area contributed by atoms with Crippen molar-refractivity contribution in [2.45, 2.75) is 0 Å². The average Bonchev–Trinajstić information content (AvgIpc) is 1.88. The monoisotopic (exact) mass is 139 g/mol. The molecule has 0 spiro atoms. The van der Waals surface area contributed by atoms with Gasteiger partial charge >= 0.3 is 6.04 Å². The molecule has 3 heteroatoms. The highest BCUT2D eigenvalue weighted by atomic mass is 19.1. The molecule has 1 aromatic rings. The lowest BCUT2D eigenvalue weighted by Gasteiger charge is -1.95. The summed E-state index contributed by atoms with van der Waals surface area (Å²) in [4.78, 5) is 10.1. The molecule has 1 aromatic carbocycles. The van der Waals surface area contributed by atoms with Crippen LogP contribution in [0.1, 0.15) is 10.4 Å². The van der Waals surface area contributed by atoms with Crippen LogP contribution in [-0.2, 0) is 0 Å². The number of nitrogens with two attached hydrogens (primary N) is 1. The van der Waals surface area contributed by atoms with Crippen molar-refractivity contribution >= 4 is 11.7 Å². The Kier molecular flexibility index (Phi) is 1.67. The van der Waals surface area contributed by atoms with Crippen molar-refractivity contribution < 1.29 is 9.18 Å². The molecule has 0 unspecified atom stereocenters. The Balaban J connectivity index is 3.15. The van der Waals surface area contributed by atoms with Gasteiger partial charge in [-0.05, 0) is 12.1 Å². The van der Waals surface area contributed by atoms with E-state index in [-0.39, 0.29) is 11.3 Å². The summed E-state index contributed by atoms with van der Waals surface area (Å²) in [7, 11) is 0. The lowest BCUT2D eigenvalue weighted by molar-refractivity contribution is 0.0837. The summed E-state index contributed by atoms with van der Waals surface area (Å²) in [5, 5.41) is 0. The first-order valence-electron chi connectivity index (χ1n) is 2.76. The fraction of sp³-hybridized carbons (Fsp3) is 0. The van der Waals surface area contributed by atoms with Crippen LogP contribution in [0.15, 0.2) is 24.3 Å². The number of para-hydroxylation sites is 1. The molecule has 10 heavy (non-hydrogen) atoms. The first-order valence-corrected chi connectivity index (χ1v) is 2.76. The summed E-state index contributed by atoms with van der Waals surface area (Å²) in [6.45, 7) is 0. The predicted octanol–water partition coefficient (Wildman–Crippen LogP) is 1.38. The van der Waals surface area contributed by atoms with Crippen LogP contribution < -0.4 is 5.73 Å². The van der Waals surface area contributed by atoms with Crippen LogP contribution in [0.4, 0.5) is 10.1 Å². The van der Waals surface area contributed by atoms with Crippen LogP contribution in [0.5, 0.6) is 0 Å². The third kappa shape index (κ3) is 1.13. The fourth-order valence-electron chi connectivity index (χ4n) is 0.676. The largest absolute Gasteiger partial charge is 0.398 e. The topological polar surface area (TPSA) is 43.1 Å². The Hall–Kier alpha value is -1.38. The van der Waals surface area contributed by atoms with E-state index in [0.29, 0.717) is 0 Å². The zero-order chi connectivity index (χ0) is 7.56. The van der Waals surface area contributed by atoms with Gasteiger partial charge in [0, 0.05) is 5.69 Å². The van der Waals surface area contributed by atoms with Gasteiger partial charge < -0.3 is 5.73 Å². The molecule has 0 atom stereocenters. The Morgan fingerprint density at radius 3 is 2.40 bits per heavy atom. The van der Waals surface area contributed by atoms with E-state index in [0.717, 1.165) is 0 Å². The molecule has 1 rings (SSSR count). The summed E-state index contributed by atoms with van der Waals surface area (Å²) >= 11 is 0. The summed E-state index contributed by atoms with van der Waals surface area (Å²) in [5.74, 6) is 0. The van der Waals surface area contributed by atoms with Crippen LogP contribution in [-0.4, -0.2) is 6.04 Å². The minimum Gasteiger partial charge on any atom is -0.398 e. The number of rotatable bonds is 1. The van der Waals surface area contributed by atoms with Crippen molar-refractivity contribution in [1.29, 1.82) is 0 Å². The van der Waals surface area contributed by atoms with Crippen LogP contribution in [0, 0.1) is 0 Å². The normalized spacial score (nSPS) is 9.30. The summed E-state index contributed by atoms with van der Waals surface area (Å²) in [6, 6.07) is 4.54. The molecule has 0 fully saturated rings. The molecule has 0 bridgehead atoms. The quantitative estimate of drug-likeness (QED) is 0.471. The second kappa shape index (κ2) is 2.47. The highest BCUT2D eigenvalue weighted by Crippen LogP contribution is 2.10. The Morgan fingerprint density at radius 1 is 1.40 bits per heavy atom. The maximum Gasteiger partial charge on any atom is 0.334 e. The summed E-state index contributed by atoms with van der Waals surface area (Å²) in [6.07, 6.45) is 0. The first kappa shape index (κ1) is 6.74. The average molecular weight is 139 g/mol.